The molecule has 4 rings (SSSR count). The zero-order valence-corrected chi connectivity index (χ0v) is 26.4. The van der Waals surface area contributed by atoms with Crippen molar-refractivity contribution in [3.05, 3.63) is 22.3 Å². The molecule has 240 valence electrons. The number of allylic oxidation sites excluding steroid dienone is 1. The van der Waals surface area contributed by atoms with Crippen molar-refractivity contribution >= 4 is 30.7 Å². The van der Waals surface area contributed by atoms with Gasteiger partial charge in [0.25, 0.3) is 5.96 Å². The molecule has 3 aliphatic carbocycles. The van der Waals surface area contributed by atoms with Crippen LogP contribution in [0.1, 0.15) is 86.5 Å². The molecule has 0 radical (unpaired) electrons. The van der Waals surface area contributed by atoms with Gasteiger partial charge in [0.05, 0.1) is 17.6 Å². The summed E-state index contributed by atoms with van der Waals surface area (Å²) < 4.78 is 13.2. The number of rotatable bonds is 16. The van der Waals surface area contributed by atoms with Crippen LogP contribution in [0.5, 0.6) is 0 Å². The summed E-state index contributed by atoms with van der Waals surface area (Å²) in [5, 5.41) is 15.6. The maximum Gasteiger partial charge on any atom is 0.481 e. The molecular weight excluding hydrogens is 555 g/mol. The highest BCUT2D eigenvalue weighted by molar-refractivity contribution is 6.47. The molecule has 3 saturated carbocycles. The Kier molecular flexibility index (Phi) is 11.8. The van der Waals surface area contributed by atoms with Crippen molar-refractivity contribution in [3.63, 3.8) is 0 Å². The number of nitro groups is 1. The number of carbonyl (C=O) groups is 3. The van der Waals surface area contributed by atoms with Crippen LogP contribution in [-0.4, -0.2) is 66.4 Å². The molecule has 1 heterocycles. The first kappa shape index (κ1) is 34.5. The van der Waals surface area contributed by atoms with E-state index in [0.29, 0.717) is 31.2 Å². The molecule has 4 aliphatic rings. The minimum Gasteiger partial charge on any atom is -0.404 e. The van der Waals surface area contributed by atoms with Crippen molar-refractivity contribution in [2.45, 2.75) is 104 Å². The monoisotopic (exact) mass is 604 g/mol. The lowest BCUT2D eigenvalue weighted by Crippen LogP contribution is -2.65. The van der Waals surface area contributed by atoms with Gasteiger partial charge >= 0.3 is 7.12 Å². The number of carbonyl (C=O) groups excluding carboxylic acids is 3. The first-order valence-corrected chi connectivity index (χ1v) is 15.5. The Morgan fingerprint density at radius 2 is 1.93 bits per heavy atom. The summed E-state index contributed by atoms with van der Waals surface area (Å²) >= 11 is 0. The molecule has 43 heavy (non-hydrogen) atoms. The Balaban J connectivity index is 1.70. The number of nitrogens with two attached hydrogens (primary N) is 1. The Morgan fingerprint density at radius 3 is 2.56 bits per heavy atom. The number of ketones is 1. The van der Waals surface area contributed by atoms with Crippen LogP contribution in [0.15, 0.2) is 17.1 Å². The van der Waals surface area contributed by atoms with Crippen LogP contribution in [0.3, 0.4) is 0 Å². The van der Waals surface area contributed by atoms with E-state index < -0.39 is 29.6 Å². The molecule has 0 aromatic carbocycles. The predicted octanol–water partition coefficient (Wildman–Crippen LogP) is 2.32. The maximum absolute atomic E-state index is 13.7. The quantitative estimate of drug-likeness (QED) is 0.0390. The number of guanidine groups is 1. The van der Waals surface area contributed by atoms with E-state index in [2.05, 4.69) is 50.2 Å². The van der Waals surface area contributed by atoms with Gasteiger partial charge < -0.3 is 25.7 Å². The van der Waals surface area contributed by atoms with Gasteiger partial charge in [-0.15, -0.1) is 0 Å². The van der Waals surface area contributed by atoms with E-state index in [1.807, 2.05) is 6.92 Å². The number of nitrogens with zero attached hydrogens (tertiary/aromatic N) is 2. The maximum atomic E-state index is 13.7. The van der Waals surface area contributed by atoms with Crippen LogP contribution in [0.4, 0.5) is 0 Å². The highest BCUT2D eigenvalue weighted by atomic mass is 16.7. The molecule has 0 aromatic heterocycles. The lowest BCUT2D eigenvalue weighted by atomic mass is 9.43. The fraction of sp³-hybridized carbons (Fsp3) is 0.793. The molecule has 13 nitrogen and oxygen atoms in total. The SMILES string of the molecule is CCCNC(=O)/C=C\C(=O)C[C@@H](CCCN=C(N)N[N+](=O)[O-])C(=O)N[C@@H](CC(C)C)B1O[C@@H]2C[C@H]3C[C@H](C3(C)C)[C@]2(C)O1. The van der Waals surface area contributed by atoms with Gasteiger partial charge in [-0.05, 0) is 74.7 Å². The predicted molar refractivity (Wildman–Crippen MR) is 163 cm³/mol. The van der Waals surface area contributed by atoms with Crippen molar-refractivity contribution in [1.82, 2.24) is 16.1 Å². The van der Waals surface area contributed by atoms with Crippen LogP contribution in [0.25, 0.3) is 0 Å². The van der Waals surface area contributed by atoms with E-state index in [0.717, 1.165) is 19.3 Å². The summed E-state index contributed by atoms with van der Waals surface area (Å²) in [6, 6.07) is 0. The number of nitrogens with one attached hydrogen (secondary N) is 3. The Hall–Kier alpha value is -3.00. The second-order valence-electron chi connectivity index (χ2n) is 13.4. The molecule has 2 amide bonds. The van der Waals surface area contributed by atoms with Crippen molar-refractivity contribution in [2.24, 2.45) is 39.8 Å². The first-order valence-electron chi connectivity index (χ1n) is 15.5. The first-order chi connectivity index (χ1) is 20.2. The fourth-order valence-electron chi connectivity index (χ4n) is 6.90. The summed E-state index contributed by atoms with van der Waals surface area (Å²) in [5.41, 5.74) is 7.04. The number of hydrogen-bond donors (Lipinski definition) is 4. The molecule has 0 unspecified atom stereocenters. The number of amides is 2. The molecule has 0 spiro atoms. The van der Waals surface area contributed by atoms with Gasteiger partial charge in [-0.2, -0.15) is 0 Å². The summed E-state index contributed by atoms with van der Waals surface area (Å²) in [5.74, 6) is -1.31. The van der Waals surface area contributed by atoms with Gasteiger partial charge in [0.1, 0.15) is 0 Å². The van der Waals surface area contributed by atoms with Gasteiger partial charge in [-0.1, -0.05) is 40.0 Å². The molecule has 6 atom stereocenters. The molecule has 4 fully saturated rings. The van der Waals surface area contributed by atoms with Crippen LogP contribution >= 0.6 is 0 Å². The van der Waals surface area contributed by atoms with Gasteiger partial charge in [0, 0.05) is 31.5 Å². The zero-order valence-electron chi connectivity index (χ0n) is 26.4. The summed E-state index contributed by atoms with van der Waals surface area (Å²) in [6.45, 7) is 13.4. The van der Waals surface area contributed by atoms with Gasteiger partial charge in [0.2, 0.25) is 11.8 Å². The molecule has 5 N–H and O–H groups in total. The molecular formula is C29H49BN6O7. The molecule has 2 bridgehead atoms. The second-order valence-corrected chi connectivity index (χ2v) is 13.4. The topological polar surface area (TPSA) is 187 Å². The van der Waals surface area contributed by atoms with Crippen LogP contribution < -0.4 is 21.8 Å². The Morgan fingerprint density at radius 1 is 1.21 bits per heavy atom. The summed E-state index contributed by atoms with van der Waals surface area (Å²) in [6.07, 6.45) is 6.31. The third-order valence-corrected chi connectivity index (χ3v) is 9.34. The fourth-order valence-corrected chi connectivity index (χ4v) is 6.90. The standard InChI is InChI=1S/C29H49BN6O7/c1-7-12-32-25(38)11-10-21(37)15-19(9-8-13-33-27(31)35-36(40)41)26(39)34-24(14-18(2)3)30-42-23-17-20-16-22(28(20,4)5)29(23,6)43-30/h10-11,18-20,22-24H,7-9,12-17H2,1-6H3,(H,32,38)(H,34,39)(H3,31,33,35)/b11-10-/t19-,20-,22-,23-,24+,29+/m1/s1. The third-order valence-electron chi connectivity index (χ3n) is 9.34. The summed E-state index contributed by atoms with van der Waals surface area (Å²) in [4.78, 5) is 52.9. The van der Waals surface area contributed by atoms with E-state index in [1.165, 1.54) is 12.2 Å². The smallest absolute Gasteiger partial charge is 0.404 e. The number of hydrogen-bond acceptors (Lipinski definition) is 8. The summed E-state index contributed by atoms with van der Waals surface area (Å²) in [7, 11) is -0.604. The van der Waals surface area contributed by atoms with Crippen molar-refractivity contribution in [1.29, 1.82) is 0 Å². The average Bonchev–Trinajstić information content (AvgIpc) is 3.28. The van der Waals surface area contributed by atoms with E-state index in [4.69, 9.17) is 15.0 Å². The Bertz CT molecular complexity index is 1100. The molecule has 0 aromatic rings. The van der Waals surface area contributed by atoms with Gasteiger partial charge in [-0.25, -0.2) is 15.1 Å². The van der Waals surface area contributed by atoms with Crippen molar-refractivity contribution < 1.29 is 28.7 Å². The van der Waals surface area contributed by atoms with E-state index in [-0.39, 0.29) is 60.4 Å². The highest BCUT2D eigenvalue weighted by Crippen LogP contribution is 2.65. The molecule has 1 saturated heterocycles. The zero-order chi connectivity index (χ0) is 31.9. The molecule has 1 aliphatic heterocycles. The van der Waals surface area contributed by atoms with Crippen molar-refractivity contribution in [2.75, 3.05) is 13.1 Å². The van der Waals surface area contributed by atoms with E-state index >= 15 is 0 Å². The third kappa shape index (κ3) is 8.78. The van der Waals surface area contributed by atoms with Crippen LogP contribution in [0, 0.1) is 39.2 Å². The number of aliphatic imine (C=N–C) groups is 1. The number of hydrazine groups is 1. The lowest BCUT2D eigenvalue weighted by molar-refractivity contribution is -0.525. The Labute approximate surface area is 254 Å². The average molecular weight is 605 g/mol. The van der Waals surface area contributed by atoms with E-state index in [9.17, 15) is 24.5 Å². The largest absolute Gasteiger partial charge is 0.481 e. The van der Waals surface area contributed by atoms with Crippen molar-refractivity contribution in [3.8, 4) is 0 Å². The van der Waals surface area contributed by atoms with Gasteiger partial charge in [-0.3, -0.25) is 14.4 Å². The normalized spacial score (nSPS) is 27.3. The van der Waals surface area contributed by atoms with Crippen LogP contribution in [-0.2, 0) is 23.7 Å². The minimum atomic E-state index is -0.806. The second kappa shape index (κ2) is 14.7. The molecule has 14 heteroatoms. The van der Waals surface area contributed by atoms with E-state index in [1.54, 1.807) is 5.43 Å². The minimum absolute atomic E-state index is 0.0294. The highest BCUT2D eigenvalue weighted by Gasteiger charge is 2.68. The van der Waals surface area contributed by atoms with Gasteiger partial charge in [0.15, 0.2) is 10.8 Å². The van der Waals surface area contributed by atoms with Crippen LogP contribution in [0.2, 0.25) is 0 Å². The lowest BCUT2D eigenvalue weighted by Gasteiger charge is -2.64.